The molecule has 1 saturated heterocycles. The molecule has 1 unspecified atom stereocenters. The topological polar surface area (TPSA) is 75.3 Å². The SMILES string of the molecule is O=C(NC1CCS(=O)(=O)C1)NC1(c2ccc(Cl)cc2)CC1. The summed E-state index contributed by atoms with van der Waals surface area (Å²) in [4.78, 5) is 12.1. The van der Waals surface area contributed by atoms with Crippen molar-refractivity contribution in [1.29, 1.82) is 0 Å². The van der Waals surface area contributed by atoms with E-state index in [1.807, 2.05) is 12.1 Å². The van der Waals surface area contributed by atoms with Crippen LogP contribution in [0.2, 0.25) is 5.02 Å². The largest absolute Gasteiger partial charge is 0.334 e. The summed E-state index contributed by atoms with van der Waals surface area (Å²) < 4.78 is 22.8. The van der Waals surface area contributed by atoms with Crippen LogP contribution in [0.3, 0.4) is 0 Å². The van der Waals surface area contributed by atoms with Crippen LogP contribution in [0.1, 0.15) is 24.8 Å². The van der Waals surface area contributed by atoms with Crippen molar-refractivity contribution in [1.82, 2.24) is 10.6 Å². The Hall–Kier alpha value is -1.27. The van der Waals surface area contributed by atoms with Crippen molar-refractivity contribution in [2.75, 3.05) is 11.5 Å². The maximum Gasteiger partial charge on any atom is 0.315 e. The van der Waals surface area contributed by atoms with Crippen molar-refractivity contribution in [2.45, 2.75) is 30.8 Å². The van der Waals surface area contributed by atoms with Gasteiger partial charge in [-0.2, -0.15) is 0 Å². The summed E-state index contributed by atoms with van der Waals surface area (Å²) in [5.41, 5.74) is 0.702. The van der Waals surface area contributed by atoms with E-state index in [0.717, 1.165) is 18.4 Å². The summed E-state index contributed by atoms with van der Waals surface area (Å²) in [6, 6.07) is 6.85. The molecule has 1 aromatic rings. The minimum absolute atomic E-state index is 0.0361. The number of carbonyl (C=O) groups is 1. The van der Waals surface area contributed by atoms with Gasteiger partial charge in [-0.1, -0.05) is 23.7 Å². The lowest BCUT2D eigenvalue weighted by Gasteiger charge is -2.20. The normalized spacial score (nSPS) is 25.3. The van der Waals surface area contributed by atoms with Gasteiger partial charge in [0, 0.05) is 11.1 Å². The molecular formula is C14H17ClN2O3S. The summed E-state index contributed by atoms with van der Waals surface area (Å²) in [6.45, 7) is 0. The fourth-order valence-corrected chi connectivity index (χ4v) is 4.53. The average molecular weight is 329 g/mol. The Morgan fingerprint density at radius 3 is 2.43 bits per heavy atom. The fourth-order valence-electron chi connectivity index (χ4n) is 2.73. The number of urea groups is 1. The van der Waals surface area contributed by atoms with Crippen LogP contribution in [0.4, 0.5) is 4.79 Å². The van der Waals surface area contributed by atoms with Gasteiger partial charge in [0.2, 0.25) is 0 Å². The molecule has 2 amide bonds. The highest BCUT2D eigenvalue weighted by Gasteiger charge is 2.46. The molecule has 1 heterocycles. The molecule has 2 fully saturated rings. The van der Waals surface area contributed by atoms with Gasteiger partial charge < -0.3 is 10.6 Å². The lowest BCUT2D eigenvalue weighted by atomic mass is 10.1. The van der Waals surface area contributed by atoms with E-state index in [1.165, 1.54) is 0 Å². The molecule has 0 aromatic heterocycles. The second kappa shape index (κ2) is 5.18. The van der Waals surface area contributed by atoms with Crippen LogP contribution in [0, 0.1) is 0 Å². The molecular weight excluding hydrogens is 312 g/mol. The highest BCUT2D eigenvalue weighted by molar-refractivity contribution is 7.91. The van der Waals surface area contributed by atoms with Gasteiger partial charge in [0.15, 0.2) is 9.84 Å². The molecule has 1 aromatic carbocycles. The Kier molecular flexibility index (Phi) is 3.61. The first kappa shape index (κ1) is 14.7. The van der Waals surface area contributed by atoms with E-state index in [1.54, 1.807) is 12.1 Å². The van der Waals surface area contributed by atoms with Crippen molar-refractivity contribution < 1.29 is 13.2 Å². The van der Waals surface area contributed by atoms with E-state index in [4.69, 9.17) is 11.6 Å². The Labute approximate surface area is 129 Å². The van der Waals surface area contributed by atoms with Crippen LogP contribution in [-0.4, -0.2) is 32.0 Å². The van der Waals surface area contributed by atoms with Crippen LogP contribution in [0.25, 0.3) is 0 Å². The maximum absolute atomic E-state index is 12.1. The molecule has 2 aliphatic rings. The van der Waals surface area contributed by atoms with Gasteiger partial charge in [0.25, 0.3) is 0 Å². The van der Waals surface area contributed by atoms with Gasteiger partial charge in [-0.15, -0.1) is 0 Å². The molecule has 0 radical (unpaired) electrons. The van der Waals surface area contributed by atoms with Gasteiger partial charge in [-0.3, -0.25) is 0 Å². The van der Waals surface area contributed by atoms with E-state index in [9.17, 15) is 13.2 Å². The lowest BCUT2D eigenvalue weighted by molar-refractivity contribution is 0.233. The molecule has 1 aliphatic carbocycles. The third kappa shape index (κ3) is 3.32. The van der Waals surface area contributed by atoms with Crippen LogP contribution < -0.4 is 10.6 Å². The average Bonchev–Trinajstić information content (AvgIpc) is 3.09. The Bertz CT molecular complexity index is 653. The van der Waals surface area contributed by atoms with Crippen molar-refractivity contribution >= 4 is 27.5 Å². The van der Waals surface area contributed by atoms with Gasteiger partial charge in [-0.25, -0.2) is 13.2 Å². The molecule has 7 heteroatoms. The van der Waals surface area contributed by atoms with Crippen molar-refractivity contribution in [3.05, 3.63) is 34.9 Å². The van der Waals surface area contributed by atoms with Crippen LogP contribution in [0.15, 0.2) is 24.3 Å². The smallest absolute Gasteiger partial charge is 0.315 e. The number of hydrogen-bond acceptors (Lipinski definition) is 3. The first-order chi connectivity index (χ1) is 9.89. The summed E-state index contributed by atoms with van der Waals surface area (Å²) in [5, 5.41) is 6.39. The van der Waals surface area contributed by atoms with Crippen molar-refractivity contribution in [3.8, 4) is 0 Å². The number of benzene rings is 1. The Morgan fingerprint density at radius 2 is 1.90 bits per heavy atom. The predicted octanol–water partition coefficient (Wildman–Crippen LogP) is 1.82. The highest BCUT2D eigenvalue weighted by Crippen LogP contribution is 2.45. The maximum atomic E-state index is 12.1. The molecule has 1 saturated carbocycles. The minimum Gasteiger partial charge on any atom is -0.334 e. The number of hydrogen-bond donors (Lipinski definition) is 2. The predicted molar refractivity (Wildman–Crippen MR) is 81.1 cm³/mol. The minimum atomic E-state index is -2.98. The molecule has 21 heavy (non-hydrogen) atoms. The molecule has 2 N–H and O–H groups in total. The van der Waals surface area contributed by atoms with E-state index in [-0.39, 0.29) is 29.1 Å². The van der Waals surface area contributed by atoms with Crippen molar-refractivity contribution in [2.24, 2.45) is 0 Å². The van der Waals surface area contributed by atoms with E-state index in [2.05, 4.69) is 10.6 Å². The molecule has 0 spiro atoms. The highest BCUT2D eigenvalue weighted by atomic mass is 35.5. The zero-order valence-electron chi connectivity index (χ0n) is 11.4. The van der Waals surface area contributed by atoms with Crippen LogP contribution in [0.5, 0.6) is 0 Å². The summed E-state index contributed by atoms with van der Waals surface area (Å²) >= 11 is 5.87. The second-order valence-electron chi connectivity index (χ2n) is 5.79. The quantitative estimate of drug-likeness (QED) is 0.888. The van der Waals surface area contributed by atoms with E-state index >= 15 is 0 Å². The standard InChI is InChI=1S/C14H17ClN2O3S/c15-11-3-1-10(2-4-11)14(6-7-14)17-13(18)16-12-5-8-21(19,20)9-12/h1-4,12H,5-9H2,(H2,16,17,18). The Morgan fingerprint density at radius 1 is 1.24 bits per heavy atom. The third-order valence-electron chi connectivity index (χ3n) is 4.07. The third-order valence-corrected chi connectivity index (χ3v) is 6.09. The van der Waals surface area contributed by atoms with Crippen LogP contribution >= 0.6 is 11.6 Å². The zero-order chi connectivity index (χ0) is 15.1. The van der Waals surface area contributed by atoms with E-state index in [0.29, 0.717) is 11.4 Å². The lowest BCUT2D eigenvalue weighted by Crippen LogP contribution is -2.46. The number of nitrogens with one attached hydrogen (secondary N) is 2. The molecule has 1 aliphatic heterocycles. The number of rotatable bonds is 3. The number of carbonyl (C=O) groups excluding carboxylic acids is 1. The second-order valence-corrected chi connectivity index (χ2v) is 8.45. The molecule has 0 bridgehead atoms. The van der Waals surface area contributed by atoms with Gasteiger partial charge in [0.05, 0.1) is 17.0 Å². The number of sulfone groups is 1. The Balaban J connectivity index is 1.61. The van der Waals surface area contributed by atoms with Crippen LogP contribution in [-0.2, 0) is 15.4 Å². The molecule has 5 nitrogen and oxygen atoms in total. The molecule has 1 atom stereocenters. The number of halogens is 1. The monoisotopic (exact) mass is 328 g/mol. The molecule has 114 valence electrons. The fraction of sp³-hybridized carbons (Fsp3) is 0.500. The number of amides is 2. The zero-order valence-corrected chi connectivity index (χ0v) is 13.0. The van der Waals surface area contributed by atoms with Gasteiger partial charge in [0.1, 0.15) is 0 Å². The van der Waals surface area contributed by atoms with E-state index < -0.39 is 9.84 Å². The van der Waals surface area contributed by atoms with Gasteiger partial charge >= 0.3 is 6.03 Å². The van der Waals surface area contributed by atoms with Gasteiger partial charge in [-0.05, 0) is 37.0 Å². The summed E-state index contributed by atoms with van der Waals surface area (Å²) in [5.74, 6) is 0.189. The summed E-state index contributed by atoms with van der Waals surface area (Å²) in [7, 11) is -2.98. The first-order valence-corrected chi connectivity index (χ1v) is 9.14. The summed E-state index contributed by atoms with van der Waals surface area (Å²) in [6.07, 6.45) is 2.25. The molecule has 3 rings (SSSR count). The first-order valence-electron chi connectivity index (χ1n) is 6.94. The van der Waals surface area contributed by atoms with Crippen molar-refractivity contribution in [3.63, 3.8) is 0 Å².